The molecule has 9 heteroatoms. The molecular weight excluding hydrogens is 434 g/mol. The average molecular weight is 460 g/mol. The minimum Gasteiger partial charge on any atom is -0.497 e. The molecule has 0 radical (unpaired) electrons. The Hall–Kier alpha value is -4.40. The predicted molar refractivity (Wildman–Crippen MR) is 128 cm³/mol. The van der Waals surface area contributed by atoms with Gasteiger partial charge >= 0.3 is 0 Å². The summed E-state index contributed by atoms with van der Waals surface area (Å²) in [6, 6.07) is 18.0. The van der Waals surface area contributed by atoms with Gasteiger partial charge in [-0.2, -0.15) is 5.10 Å². The maximum atomic E-state index is 12.5. The van der Waals surface area contributed by atoms with Gasteiger partial charge < -0.3 is 14.8 Å². The second-order valence-electron chi connectivity index (χ2n) is 7.42. The van der Waals surface area contributed by atoms with Gasteiger partial charge in [-0.05, 0) is 49.4 Å². The van der Waals surface area contributed by atoms with Gasteiger partial charge in [0.15, 0.2) is 0 Å². The highest BCUT2D eigenvalue weighted by Crippen LogP contribution is 2.22. The zero-order valence-electron chi connectivity index (χ0n) is 18.9. The van der Waals surface area contributed by atoms with Gasteiger partial charge in [-0.3, -0.25) is 19.3 Å². The Kier molecular flexibility index (Phi) is 7.02. The van der Waals surface area contributed by atoms with Gasteiger partial charge in [-0.15, -0.1) is 0 Å². The van der Waals surface area contributed by atoms with Crippen molar-refractivity contribution < 1.29 is 14.3 Å². The normalized spacial score (nSPS) is 10.6. The van der Waals surface area contributed by atoms with Gasteiger partial charge in [0, 0.05) is 30.3 Å². The fourth-order valence-corrected chi connectivity index (χ4v) is 3.39. The molecule has 0 bridgehead atoms. The fourth-order valence-electron chi connectivity index (χ4n) is 3.39. The van der Waals surface area contributed by atoms with Crippen molar-refractivity contribution in [3.8, 4) is 34.0 Å². The number of aromatic nitrogens is 4. The van der Waals surface area contributed by atoms with Crippen molar-refractivity contribution in [2.75, 3.05) is 20.3 Å². The van der Waals surface area contributed by atoms with E-state index < -0.39 is 0 Å². The molecule has 9 nitrogen and oxygen atoms in total. The standard InChI is InChI=1S/C25H25N5O4/c1-3-34-19-9-7-17(8-10-19)21-15-24(31)30(16-27-21)12-11-26-25(32)23-14-22(28-29-23)18-5-4-6-20(13-18)33-2/h4-10,13-16H,3,11-12H2,1-2H3,(H,26,32)(H,28,29). The molecule has 4 rings (SSSR count). The number of benzene rings is 2. The molecule has 2 heterocycles. The number of nitrogens with one attached hydrogen (secondary N) is 2. The molecule has 174 valence electrons. The molecule has 0 fully saturated rings. The lowest BCUT2D eigenvalue weighted by atomic mass is 10.1. The van der Waals surface area contributed by atoms with Gasteiger partial charge in [0.1, 0.15) is 17.2 Å². The molecule has 0 aliphatic heterocycles. The van der Waals surface area contributed by atoms with Crippen LogP contribution in [0.3, 0.4) is 0 Å². The fraction of sp³-hybridized carbons (Fsp3) is 0.200. The van der Waals surface area contributed by atoms with Crippen molar-refractivity contribution in [2.45, 2.75) is 13.5 Å². The van der Waals surface area contributed by atoms with Crippen LogP contribution in [0.5, 0.6) is 11.5 Å². The number of ether oxygens (including phenoxy) is 2. The molecule has 2 N–H and O–H groups in total. The van der Waals surface area contributed by atoms with Crippen LogP contribution in [0.4, 0.5) is 0 Å². The number of hydrogen-bond acceptors (Lipinski definition) is 6. The summed E-state index contributed by atoms with van der Waals surface area (Å²) in [5.41, 5.74) is 3.00. The summed E-state index contributed by atoms with van der Waals surface area (Å²) in [5.74, 6) is 1.16. The van der Waals surface area contributed by atoms with E-state index in [2.05, 4.69) is 20.5 Å². The van der Waals surface area contributed by atoms with Crippen LogP contribution in [0, 0.1) is 0 Å². The number of methoxy groups -OCH3 is 1. The average Bonchev–Trinajstić information content (AvgIpc) is 3.36. The van der Waals surface area contributed by atoms with Crippen LogP contribution in [-0.2, 0) is 6.54 Å². The molecule has 0 unspecified atom stereocenters. The second kappa shape index (κ2) is 10.5. The molecule has 2 aromatic heterocycles. The highest BCUT2D eigenvalue weighted by molar-refractivity contribution is 5.93. The van der Waals surface area contributed by atoms with Crippen LogP contribution in [0.25, 0.3) is 22.5 Å². The lowest BCUT2D eigenvalue weighted by Gasteiger charge is -2.08. The van der Waals surface area contributed by atoms with E-state index in [-0.39, 0.29) is 24.6 Å². The van der Waals surface area contributed by atoms with Crippen LogP contribution >= 0.6 is 0 Å². The Balaban J connectivity index is 1.35. The molecule has 0 saturated carbocycles. The summed E-state index contributed by atoms with van der Waals surface area (Å²) in [6.45, 7) is 3.06. The second-order valence-corrected chi connectivity index (χ2v) is 7.42. The molecule has 0 saturated heterocycles. The smallest absolute Gasteiger partial charge is 0.269 e. The summed E-state index contributed by atoms with van der Waals surface area (Å²) < 4.78 is 12.1. The van der Waals surface area contributed by atoms with E-state index in [1.165, 1.54) is 17.0 Å². The summed E-state index contributed by atoms with van der Waals surface area (Å²) in [4.78, 5) is 29.4. The molecule has 2 aromatic carbocycles. The van der Waals surface area contributed by atoms with E-state index in [4.69, 9.17) is 9.47 Å². The van der Waals surface area contributed by atoms with Crippen molar-refractivity contribution in [1.29, 1.82) is 0 Å². The number of hydrogen-bond donors (Lipinski definition) is 2. The summed E-state index contributed by atoms with van der Waals surface area (Å²) in [6.07, 6.45) is 1.48. The van der Waals surface area contributed by atoms with Crippen molar-refractivity contribution in [3.63, 3.8) is 0 Å². The SMILES string of the molecule is CCOc1ccc(-c2cc(=O)n(CCNC(=O)c3cc(-c4cccc(OC)c4)n[nH]3)cn2)cc1. The third-order valence-corrected chi connectivity index (χ3v) is 5.17. The first-order valence-electron chi connectivity index (χ1n) is 10.8. The minimum atomic E-state index is -0.311. The van der Waals surface area contributed by atoms with Gasteiger partial charge in [-0.1, -0.05) is 12.1 Å². The number of carbonyl (C=O) groups is 1. The van der Waals surface area contributed by atoms with E-state index in [0.29, 0.717) is 29.4 Å². The first kappa shape index (κ1) is 22.8. The van der Waals surface area contributed by atoms with E-state index in [0.717, 1.165) is 16.9 Å². The van der Waals surface area contributed by atoms with E-state index in [9.17, 15) is 9.59 Å². The van der Waals surface area contributed by atoms with Crippen LogP contribution < -0.4 is 20.3 Å². The molecule has 34 heavy (non-hydrogen) atoms. The maximum Gasteiger partial charge on any atom is 0.269 e. The van der Waals surface area contributed by atoms with Crippen molar-refractivity contribution >= 4 is 5.91 Å². The quantitative estimate of drug-likeness (QED) is 0.398. The van der Waals surface area contributed by atoms with Crippen LogP contribution in [0.1, 0.15) is 17.4 Å². The zero-order valence-corrected chi connectivity index (χ0v) is 18.9. The monoisotopic (exact) mass is 459 g/mol. The number of aromatic amines is 1. The van der Waals surface area contributed by atoms with Crippen molar-refractivity contribution in [1.82, 2.24) is 25.1 Å². The largest absolute Gasteiger partial charge is 0.497 e. The Morgan fingerprint density at radius 1 is 1.03 bits per heavy atom. The minimum absolute atomic E-state index is 0.199. The Morgan fingerprint density at radius 3 is 2.59 bits per heavy atom. The summed E-state index contributed by atoms with van der Waals surface area (Å²) in [5, 5.41) is 9.74. The summed E-state index contributed by atoms with van der Waals surface area (Å²) >= 11 is 0. The van der Waals surface area contributed by atoms with Gasteiger partial charge in [0.05, 0.1) is 31.4 Å². The zero-order chi connectivity index (χ0) is 23.9. The molecule has 0 spiro atoms. The lowest BCUT2D eigenvalue weighted by molar-refractivity contribution is 0.0947. The summed E-state index contributed by atoms with van der Waals surface area (Å²) in [7, 11) is 1.59. The Morgan fingerprint density at radius 2 is 1.85 bits per heavy atom. The number of carbonyl (C=O) groups excluding carboxylic acids is 1. The van der Waals surface area contributed by atoms with Gasteiger partial charge in [0.2, 0.25) is 0 Å². The van der Waals surface area contributed by atoms with Crippen LogP contribution in [0.2, 0.25) is 0 Å². The molecule has 4 aromatic rings. The van der Waals surface area contributed by atoms with Crippen molar-refractivity contribution in [3.05, 3.63) is 83.0 Å². The Labute approximate surface area is 196 Å². The predicted octanol–water partition coefficient (Wildman–Crippen LogP) is 3.14. The van der Waals surface area contributed by atoms with Crippen LogP contribution in [-0.4, -0.2) is 45.9 Å². The number of H-pyrrole nitrogens is 1. The number of nitrogens with zero attached hydrogens (tertiary/aromatic N) is 3. The van der Waals surface area contributed by atoms with Gasteiger partial charge in [-0.25, -0.2) is 4.98 Å². The molecule has 0 aliphatic rings. The van der Waals surface area contributed by atoms with Crippen LogP contribution in [0.15, 0.2) is 71.8 Å². The molecule has 1 amide bonds. The topological polar surface area (TPSA) is 111 Å². The third-order valence-electron chi connectivity index (χ3n) is 5.17. The van der Waals surface area contributed by atoms with Crippen molar-refractivity contribution in [2.24, 2.45) is 0 Å². The molecule has 0 atom stereocenters. The van der Waals surface area contributed by atoms with E-state index in [1.807, 2.05) is 55.5 Å². The first-order valence-corrected chi connectivity index (χ1v) is 10.8. The van der Waals surface area contributed by atoms with Gasteiger partial charge in [0.25, 0.3) is 11.5 Å². The van der Waals surface area contributed by atoms with E-state index in [1.54, 1.807) is 13.2 Å². The van der Waals surface area contributed by atoms with E-state index >= 15 is 0 Å². The molecule has 0 aliphatic carbocycles. The highest BCUT2D eigenvalue weighted by Gasteiger charge is 2.11. The third kappa shape index (κ3) is 5.32. The first-order chi connectivity index (χ1) is 16.6. The maximum absolute atomic E-state index is 12.5. The number of rotatable bonds is 9. The highest BCUT2D eigenvalue weighted by atomic mass is 16.5. The lowest BCUT2D eigenvalue weighted by Crippen LogP contribution is -2.31. The number of amides is 1. The molecular formula is C25H25N5O4. The Bertz CT molecular complexity index is 1330.